The monoisotopic (exact) mass is 346 g/mol. The van der Waals surface area contributed by atoms with Crippen LogP contribution in [0.3, 0.4) is 0 Å². The van der Waals surface area contributed by atoms with E-state index in [1.807, 2.05) is 0 Å². The molecular formula is C16H18N4O5. The van der Waals surface area contributed by atoms with E-state index in [1.165, 1.54) is 33.6 Å². The fraction of sp³-hybridized carbons (Fsp3) is 0.250. The molecule has 1 heterocycles. The van der Waals surface area contributed by atoms with E-state index in [0.29, 0.717) is 28.5 Å². The molecule has 1 aromatic heterocycles. The predicted molar refractivity (Wildman–Crippen MR) is 92.9 cm³/mol. The summed E-state index contributed by atoms with van der Waals surface area (Å²) in [5.74, 6) is 1.48. The van der Waals surface area contributed by atoms with Gasteiger partial charge < -0.3 is 14.2 Å². The van der Waals surface area contributed by atoms with Gasteiger partial charge in [0.05, 0.1) is 32.5 Å². The summed E-state index contributed by atoms with van der Waals surface area (Å²) < 4.78 is 15.8. The second-order valence-corrected chi connectivity index (χ2v) is 4.91. The van der Waals surface area contributed by atoms with Crippen LogP contribution >= 0.6 is 0 Å². The van der Waals surface area contributed by atoms with Crippen molar-refractivity contribution in [3.63, 3.8) is 0 Å². The third kappa shape index (κ3) is 4.14. The van der Waals surface area contributed by atoms with Crippen molar-refractivity contribution in [2.24, 2.45) is 5.10 Å². The number of nitrogens with zero attached hydrogens (tertiary/aromatic N) is 3. The molecule has 0 fully saturated rings. The molecule has 0 saturated carbocycles. The maximum Gasteiger partial charge on any atom is 0.313 e. The number of benzene rings is 1. The summed E-state index contributed by atoms with van der Waals surface area (Å²) in [6.45, 7) is 1.73. The molecule has 1 aromatic carbocycles. The molecule has 0 bridgehead atoms. The van der Waals surface area contributed by atoms with Crippen molar-refractivity contribution < 1.29 is 19.1 Å². The van der Waals surface area contributed by atoms with Crippen LogP contribution < -0.4 is 19.6 Å². The van der Waals surface area contributed by atoms with Gasteiger partial charge in [-0.3, -0.25) is 15.5 Å². The average Bonchev–Trinajstić information content (AvgIpc) is 2.60. The van der Waals surface area contributed by atoms with Crippen LogP contribution in [0.5, 0.6) is 17.2 Å². The van der Waals surface area contributed by atoms with Crippen LogP contribution in [-0.2, 0) is 0 Å². The van der Waals surface area contributed by atoms with E-state index in [9.17, 15) is 10.1 Å². The highest BCUT2D eigenvalue weighted by Gasteiger charge is 2.15. The first-order valence-electron chi connectivity index (χ1n) is 7.21. The number of nitro groups is 1. The lowest BCUT2D eigenvalue weighted by Gasteiger charge is -2.12. The van der Waals surface area contributed by atoms with E-state index in [0.717, 1.165) is 0 Å². The predicted octanol–water partition coefficient (Wildman–Crippen LogP) is 2.77. The number of methoxy groups -OCH3 is 3. The highest BCUT2D eigenvalue weighted by atomic mass is 16.6. The molecule has 0 radical (unpaired) electrons. The number of anilines is 1. The first-order valence-corrected chi connectivity index (χ1v) is 7.21. The third-order valence-electron chi connectivity index (χ3n) is 3.28. The maximum absolute atomic E-state index is 11.0. The van der Waals surface area contributed by atoms with Crippen molar-refractivity contribution >= 4 is 17.7 Å². The fourth-order valence-corrected chi connectivity index (χ4v) is 2.12. The smallest absolute Gasteiger partial charge is 0.313 e. The van der Waals surface area contributed by atoms with Crippen LogP contribution in [-0.4, -0.2) is 37.5 Å². The number of nitrogens with one attached hydrogen (secondary N) is 1. The minimum absolute atomic E-state index is 0.0636. The molecule has 0 spiro atoms. The Hall–Kier alpha value is -3.36. The number of rotatable bonds is 7. The topological polar surface area (TPSA) is 108 Å². The van der Waals surface area contributed by atoms with E-state index >= 15 is 0 Å². The molecule has 2 aromatic rings. The minimum Gasteiger partial charge on any atom is -0.493 e. The molecule has 0 unspecified atom stereocenters. The zero-order chi connectivity index (χ0) is 18.4. The molecule has 0 amide bonds. The summed E-state index contributed by atoms with van der Waals surface area (Å²) in [4.78, 5) is 14.6. The first-order chi connectivity index (χ1) is 12.0. The van der Waals surface area contributed by atoms with Crippen molar-refractivity contribution in [1.82, 2.24) is 4.98 Å². The highest BCUT2D eigenvalue weighted by Crippen LogP contribution is 2.37. The molecule has 2 rings (SSSR count). The number of ether oxygens (including phenoxy) is 3. The largest absolute Gasteiger partial charge is 0.493 e. The number of pyridine rings is 1. The third-order valence-corrected chi connectivity index (χ3v) is 3.28. The normalized spacial score (nSPS) is 10.6. The minimum atomic E-state index is -0.524. The maximum atomic E-state index is 11.0. The molecule has 132 valence electrons. The van der Waals surface area contributed by atoms with Gasteiger partial charge in [0.25, 0.3) is 0 Å². The molecule has 1 N–H and O–H groups in total. The Balaban J connectivity index is 2.29. The quantitative estimate of drug-likeness (QED) is 0.466. The Labute approximate surface area is 144 Å². The van der Waals surface area contributed by atoms with Crippen molar-refractivity contribution in [3.8, 4) is 17.2 Å². The van der Waals surface area contributed by atoms with Crippen molar-refractivity contribution in [2.45, 2.75) is 6.92 Å². The van der Waals surface area contributed by atoms with Gasteiger partial charge in [0.1, 0.15) is 0 Å². The van der Waals surface area contributed by atoms with Crippen LogP contribution in [0, 0.1) is 17.0 Å². The van der Waals surface area contributed by atoms with Crippen molar-refractivity contribution in [1.29, 1.82) is 0 Å². The Morgan fingerprint density at radius 3 is 2.32 bits per heavy atom. The lowest BCUT2D eigenvalue weighted by molar-refractivity contribution is -0.384. The lowest BCUT2D eigenvalue weighted by Crippen LogP contribution is -2.01. The standard InChI is InChI=1S/C16H18N4O5/c1-10-5-6-12(20(21)22)16(18-10)19-17-9-11-7-13(23-2)15(25-4)14(8-11)24-3/h5-9H,1-4H3,(H,18,19)/b17-9-. The zero-order valence-corrected chi connectivity index (χ0v) is 14.3. The van der Waals surface area contributed by atoms with E-state index < -0.39 is 4.92 Å². The van der Waals surface area contributed by atoms with Crippen molar-refractivity contribution in [2.75, 3.05) is 26.8 Å². The Morgan fingerprint density at radius 2 is 1.80 bits per heavy atom. The molecule has 0 saturated heterocycles. The second-order valence-electron chi connectivity index (χ2n) is 4.91. The molecule has 0 aliphatic rings. The summed E-state index contributed by atoms with van der Waals surface area (Å²) in [5, 5.41) is 15.0. The molecular weight excluding hydrogens is 328 g/mol. The van der Waals surface area contributed by atoms with Crippen LogP contribution in [0.15, 0.2) is 29.4 Å². The lowest BCUT2D eigenvalue weighted by atomic mass is 10.2. The number of aromatic nitrogens is 1. The summed E-state index contributed by atoms with van der Waals surface area (Å²) >= 11 is 0. The SMILES string of the molecule is COc1cc(/C=N\Nc2nc(C)ccc2[N+](=O)[O-])cc(OC)c1OC. The molecule has 0 aliphatic heterocycles. The van der Waals surface area contributed by atoms with Crippen LogP contribution in [0.4, 0.5) is 11.5 Å². The second kappa shape index (κ2) is 7.95. The van der Waals surface area contributed by atoms with E-state index in [-0.39, 0.29) is 11.5 Å². The van der Waals surface area contributed by atoms with Crippen LogP contribution in [0.2, 0.25) is 0 Å². The molecule has 9 nitrogen and oxygen atoms in total. The molecule has 0 aliphatic carbocycles. The van der Waals surface area contributed by atoms with Gasteiger partial charge in [-0.25, -0.2) is 4.98 Å². The summed E-state index contributed by atoms with van der Waals surface area (Å²) in [7, 11) is 4.53. The van der Waals surface area contributed by atoms with Gasteiger partial charge >= 0.3 is 5.69 Å². The molecule has 25 heavy (non-hydrogen) atoms. The molecule has 9 heteroatoms. The van der Waals surface area contributed by atoms with Gasteiger partial charge in [0.15, 0.2) is 11.5 Å². The van der Waals surface area contributed by atoms with Gasteiger partial charge in [-0.2, -0.15) is 5.10 Å². The van der Waals surface area contributed by atoms with Crippen molar-refractivity contribution in [3.05, 3.63) is 45.6 Å². The van der Waals surface area contributed by atoms with Gasteiger partial charge in [-0.1, -0.05) is 0 Å². The van der Waals surface area contributed by atoms with E-state index in [4.69, 9.17) is 14.2 Å². The van der Waals surface area contributed by atoms with Crippen LogP contribution in [0.1, 0.15) is 11.3 Å². The summed E-state index contributed by atoms with van der Waals surface area (Å²) in [6, 6.07) is 6.33. The fourth-order valence-electron chi connectivity index (χ4n) is 2.12. The number of hydrazone groups is 1. The number of hydrogen-bond acceptors (Lipinski definition) is 8. The van der Waals surface area contributed by atoms with Gasteiger partial charge in [0.2, 0.25) is 11.6 Å². The average molecular weight is 346 g/mol. The Morgan fingerprint density at radius 1 is 1.16 bits per heavy atom. The number of aryl methyl sites for hydroxylation is 1. The van der Waals surface area contributed by atoms with E-state index in [2.05, 4.69) is 15.5 Å². The van der Waals surface area contributed by atoms with E-state index in [1.54, 1.807) is 25.1 Å². The Bertz CT molecular complexity index is 782. The summed E-state index contributed by atoms with van der Waals surface area (Å²) in [6.07, 6.45) is 1.47. The summed E-state index contributed by atoms with van der Waals surface area (Å²) in [5.41, 5.74) is 3.72. The van der Waals surface area contributed by atoms with Gasteiger partial charge in [0, 0.05) is 17.3 Å². The first kappa shape index (κ1) is 18.0. The van der Waals surface area contributed by atoms with Gasteiger partial charge in [-0.05, 0) is 25.1 Å². The number of hydrogen-bond donors (Lipinski definition) is 1. The zero-order valence-electron chi connectivity index (χ0n) is 14.3. The highest BCUT2D eigenvalue weighted by molar-refractivity contribution is 5.83. The van der Waals surface area contributed by atoms with Crippen LogP contribution in [0.25, 0.3) is 0 Å². The van der Waals surface area contributed by atoms with Gasteiger partial charge in [-0.15, -0.1) is 0 Å². The molecule has 0 atom stereocenters. The Kier molecular flexibility index (Phi) is 5.72.